The molecular formula is C31H26IN3O8. The first-order chi connectivity index (χ1) is 20.7. The molecule has 0 aliphatic carbocycles. The third-order valence-corrected chi connectivity index (χ3v) is 7.67. The summed E-state index contributed by atoms with van der Waals surface area (Å²) in [5, 5.41) is 0. The molecule has 0 radical (unpaired) electrons. The Morgan fingerprint density at radius 1 is 0.884 bits per heavy atom. The summed E-state index contributed by atoms with van der Waals surface area (Å²) in [6, 6.07) is 24.7. The van der Waals surface area contributed by atoms with E-state index < -0.39 is 54.2 Å². The number of esters is 3. The zero-order chi connectivity index (χ0) is 30.6. The third-order valence-electron chi connectivity index (χ3n) is 6.84. The first kappa shape index (κ1) is 29.9. The van der Waals surface area contributed by atoms with Crippen molar-refractivity contribution >= 4 is 46.3 Å². The van der Waals surface area contributed by atoms with Gasteiger partial charge in [-0.1, -0.05) is 54.6 Å². The summed E-state index contributed by atoms with van der Waals surface area (Å²) in [4.78, 5) is 56.5. The monoisotopic (exact) mass is 695 g/mol. The van der Waals surface area contributed by atoms with Crippen LogP contribution in [0.5, 0.6) is 0 Å². The highest BCUT2D eigenvalue weighted by atomic mass is 127. The lowest BCUT2D eigenvalue weighted by molar-refractivity contribution is -0.111. The maximum Gasteiger partial charge on any atom is 0.351 e. The van der Waals surface area contributed by atoms with Crippen molar-refractivity contribution in [3.05, 3.63) is 128 Å². The van der Waals surface area contributed by atoms with E-state index in [1.165, 1.54) is 13.1 Å². The predicted octanol–water partition coefficient (Wildman–Crippen LogP) is 4.03. The number of aromatic nitrogens is 2. The Kier molecular flexibility index (Phi) is 8.87. The van der Waals surface area contributed by atoms with E-state index in [4.69, 9.17) is 24.7 Å². The van der Waals surface area contributed by atoms with Gasteiger partial charge in [0.1, 0.15) is 18.5 Å². The minimum atomic E-state index is -1.81. The molecule has 4 aromatic rings. The molecule has 5 rings (SSSR count). The second-order valence-corrected chi connectivity index (χ2v) is 10.9. The Hall–Kier alpha value is -4.56. The molecule has 2 heterocycles. The van der Waals surface area contributed by atoms with Crippen LogP contribution in [0.25, 0.3) is 0 Å². The number of carbonyl (C=O) groups is 3. The summed E-state index contributed by atoms with van der Waals surface area (Å²) in [5.74, 6) is -2.15. The van der Waals surface area contributed by atoms with Crippen LogP contribution in [0.15, 0.2) is 102 Å². The molecule has 11 nitrogen and oxygen atoms in total. The molecule has 1 aliphatic rings. The van der Waals surface area contributed by atoms with Crippen LogP contribution in [0.4, 0.5) is 5.82 Å². The summed E-state index contributed by atoms with van der Waals surface area (Å²) in [6.07, 6.45) is -2.47. The number of halogens is 1. The lowest BCUT2D eigenvalue weighted by Crippen LogP contribution is -2.51. The molecule has 0 unspecified atom stereocenters. The Balaban J connectivity index is 1.56. The number of ether oxygens (including phenoxy) is 4. The highest BCUT2D eigenvalue weighted by Gasteiger charge is 2.60. The fourth-order valence-corrected chi connectivity index (χ4v) is 5.10. The van der Waals surface area contributed by atoms with E-state index in [2.05, 4.69) is 4.98 Å². The van der Waals surface area contributed by atoms with Gasteiger partial charge in [0.25, 0.3) is 0 Å². The van der Waals surface area contributed by atoms with Gasteiger partial charge in [-0.15, -0.1) is 0 Å². The number of hydrogen-bond acceptors (Lipinski definition) is 10. The highest BCUT2D eigenvalue weighted by Crippen LogP contribution is 2.43. The summed E-state index contributed by atoms with van der Waals surface area (Å²) < 4.78 is 25.3. The van der Waals surface area contributed by atoms with Gasteiger partial charge in [0, 0.05) is 6.20 Å². The van der Waals surface area contributed by atoms with Crippen LogP contribution in [-0.2, 0) is 18.9 Å². The van der Waals surface area contributed by atoms with Gasteiger partial charge in [0.05, 0.1) is 20.3 Å². The number of carbonyl (C=O) groups excluding carboxylic acids is 3. The maximum atomic E-state index is 13.4. The van der Waals surface area contributed by atoms with E-state index in [9.17, 15) is 19.2 Å². The van der Waals surface area contributed by atoms with Crippen LogP contribution in [0.2, 0.25) is 0 Å². The quantitative estimate of drug-likeness (QED) is 0.163. The van der Waals surface area contributed by atoms with Crippen molar-refractivity contribution in [3.8, 4) is 0 Å². The Bertz CT molecular complexity index is 1680. The van der Waals surface area contributed by atoms with E-state index in [0.29, 0.717) is 9.13 Å². The smallest absolute Gasteiger partial charge is 0.351 e. The molecule has 1 aliphatic heterocycles. The molecule has 12 heteroatoms. The molecule has 43 heavy (non-hydrogen) atoms. The average Bonchev–Trinajstić information content (AvgIpc) is 3.28. The topological polar surface area (TPSA) is 149 Å². The van der Waals surface area contributed by atoms with Crippen LogP contribution >= 0.6 is 22.6 Å². The lowest BCUT2D eigenvalue weighted by Gasteiger charge is -2.34. The van der Waals surface area contributed by atoms with Crippen molar-refractivity contribution in [1.29, 1.82) is 0 Å². The van der Waals surface area contributed by atoms with Crippen molar-refractivity contribution in [2.24, 2.45) is 0 Å². The largest absolute Gasteiger partial charge is 0.459 e. The van der Waals surface area contributed by atoms with Crippen molar-refractivity contribution in [2.75, 3.05) is 12.3 Å². The van der Waals surface area contributed by atoms with E-state index in [0.717, 1.165) is 4.57 Å². The van der Waals surface area contributed by atoms with E-state index in [1.54, 1.807) is 91.0 Å². The zero-order valence-corrected chi connectivity index (χ0v) is 24.9. The zero-order valence-electron chi connectivity index (χ0n) is 22.8. The Morgan fingerprint density at radius 3 is 1.95 bits per heavy atom. The van der Waals surface area contributed by atoms with Gasteiger partial charge in [-0.25, -0.2) is 19.2 Å². The molecular weight excluding hydrogens is 669 g/mol. The van der Waals surface area contributed by atoms with Gasteiger partial charge in [-0.3, -0.25) is 4.57 Å². The maximum absolute atomic E-state index is 13.4. The molecule has 0 bridgehead atoms. The molecule has 0 saturated carbocycles. The average molecular weight is 695 g/mol. The molecule has 4 atom stereocenters. The number of benzene rings is 3. The number of nitrogens with zero attached hydrogens (tertiary/aromatic N) is 2. The molecule has 1 aromatic heterocycles. The number of nitrogen functional groups attached to an aromatic ring is 1. The summed E-state index contributed by atoms with van der Waals surface area (Å²) in [5.41, 5.74) is 3.98. The summed E-state index contributed by atoms with van der Waals surface area (Å²) in [6.45, 7) is 1.08. The molecule has 1 fully saturated rings. The van der Waals surface area contributed by atoms with Crippen LogP contribution in [0.1, 0.15) is 44.2 Å². The van der Waals surface area contributed by atoms with Gasteiger partial charge in [0.15, 0.2) is 17.9 Å². The number of nitrogens with two attached hydrogens (primary N) is 1. The summed E-state index contributed by atoms with van der Waals surface area (Å²) in [7, 11) is 0. The third kappa shape index (κ3) is 6.44. The number of hydrogen-bond donors (Lipinski definition) is 1. The predicted molar refractivity (Wildman–Crippen MR) is 162 cm³/mol. The fourth-order valence-electron chi connectivity index (χ4n) is 4.68. The minimum absolute atomic E-state index is 0.00299. The Labute approximate surface area is 259 Å². The molecule has 1 saturated heterocycles. The van der Waals surface area contributed by atoms with Crippen molar-refractivity contribution in [2.45, 2.75) is 31.0 Å². The van der Waals surface area contributed by atoms with Crippen molar-refractivity contribution in [1.82, 2.24) is 9.55 Å². The van der Waals surface area contributed by atoms with Crippen LogP contribution < -0.4 is 11.4 Å². The van der Waals surface area contributed by atoms with E-state index >= 15 is 0 Å². The van der Waals surface area contributed by atoms with Crippen molar-refractivity contribution < 1.29 is 33.3 Å². The van der Waals surface area contributed by atoms with Gasteiger partial charge in [0.2, 0.25) is 0 Å². The number of anilines is 1. The SMILES string of the molecule is C[C@@]1(OC(=O)c2ccccc2)[C@H](OC(=O)c2ccccc2)[C@@H](COC(=O)c2ccccc2)O[C@H]1n1cc(I)c(N)nc1=O. The second-order valence-electron chi connectivity index (χ2n) is 9.79. The molecule has 2 N–H and O–H groups in total. The van der Waals surface area contributed by atoms with Crippen LogP contribution in [-0.4, -0.2) is 51.9 Å². The molecule has 0 amide bonds. The van der Waals surface area contributed by atoms with Crippen LogP contribution in [0, 0.1) is 3.57 Å². The molecule has 0 spiro atoms. The minimum Gasteiger partial charge on any atom is -0.459 e. The van der Waals surface area contributed by atoms with Gasteiger partial charge >= 0.3 is 23.6 Å². The van der Waals surface area contributed by atoms with Gasteiger partial charge in [-0.05, 0) is 65.9 Å². The van der Waals surface area contributed by atoms with Crippen LogP contribution in [0.3, 0.4) is 0 Å². The lowest BCUT2D eigenvalue weighted by atomic mass is 9.95. The molecule has 3 aromatic carbocycles. The first-order valence-electron chi connectivity index (χ1n) is 13.1. The standard InChI is InChI=1S/C31H26IN3O8/c1-31(43-28(38)21-15-9-4-10-16-21)24(42-27(37)20-13-7-3-8-14-20)23(18-40-26(36)19-11-5-2-6-12-19)41-29(31)35-17-22(32)25(33)34-30(35)39/h2-17,23-24,29H,18H2,1H3,(H2,33,34,39)/t23-,24-,29-,31-/m1/s1. The van der Waals surface area contributed by atoms with Gasteiger partial charge < -0.3 is 24.7 Å². The summed E-state index contributed by atoms with van der Waals surface area (Å²) >= 11 is 1.90. The first-order valence-corrected chi connectivity index (χ1v) is 14.2. The van der Waals surface area contributed by atoms with E-state index in [-0.39, 0.29) is 16.9 Å². The number of rotatable bonds is 8. The normalized spacial score (nSPS) is 21.1. The van der Waals surface area contributed by atoms with Crippen molar-refractivity contribution in [3.63, 3.8) is 0 Å². The Morgan fingerprint density at radius 2 is 1.40 bits per heavy atom. The second kappa shape index (κ2) is 12.8. The van der Waals surface area contributed by atoms with E-state index in [1.807, 2.05) is 22.6 Å². The van der Waals surface area contributed by atoms with Gasteiger partial charge in [-0.2, -0.15) is 4.98 Å². The highest BCUT2D eigenvalue weighted by molar-refractivity contribution is 14.1. The fraction of sp³-hybridized carbons (Fsp3) is 0.194. The molecule has 220 valence electrons.